The van der Waals surface area contributed by atoms with Gasteiger partial charge in [-0.25, -0.2) is 4.98 Å². The van der Waals surface area contributed by atoms with Gasteiger partial charge in [0.2, 0.25) is 0 Å². The number of aliphatic hydroxyl groups excluding tert-OH is 1. The second kappa shape index (κ2) is 5.03. The highest BCUT2D eigenvalue weighted by Gasteiger charge is 2.04. The Morgan fingerprint density at radius 2 is 2.16 bits per heavy atom. The minimum absolute atomic E-state index is 0.447. The summed E-state index contributed by atoms with van der Waals surface area (Å²) >= 11 is 1.60. The summed E-state index contributed by atoms with van der Waals surface area (Å²) in [5.41, 5.74) is 1.79. The van der Waals surface area contributed by atoms with E-state index in [4.69, 9.17) is 4.74 Å². The van der Waals surface area contributed by atoms with Crippen LogP contribution in [0.1, 0.15) is 24.3 Å². The number of hydrogen-bond acceptors (Lipinski definition) is 4. The highest BCUT2D eigenvalue weighted by Crippen LogP contribution is 2.18. The number of imidazole rings is 1. The summed E-state index contributed by atoms with van der Waals surface area (Å²) in [5.74, 6) is 0.778. The van der Waals surface area contributed by atoms with Crippen LogP contribution in [0.15, 0.2) is 42.0 Å². The van der Waals surface area contributed by atoms with E-state index in [0.29, 0.717) is 6.61 Å². The van der Waals surface area contributed by atoms with Crippen LogP contribution in [0.2, 0.25) is 0 Å². The summed E-state index contributed by atoms with van der Waals surface area (Å²) < 4.78 is 7.66. The van der Waals surface area contributed by atoms with E-state index in [1.54, 1.807) is 18.3 Å². The molecule has 1 atom stereocenters. The molecule has 19 heavy (non-hydrogen) atoms. The van der Waals surface area contributed by atoms with Crippen LogP contribution in [-0.2, 0) is 6.61 Å². The van der Waals surface area contributed by atoms with Crippen molar-refractivity contribution in [3.63, 3.8) is 0 Å². The zero-order valence-corrected chi connectivity index (χ0v) is 11.3. The SMILES string of the molecule is C[C@@H](O)c1ccc(OCc2cn3ccsc3n2)cc1. The molecule has 0 saturated heterocycles. The smallest absolute Gasteiger partial charge is 0.193 e. The molecule has 0 aliphatic heterocycles. The molecule has 5 heteroatoms. The van der Waals surface area contributed by atoms with E-state index in [1.165, 1.54) is 0 Å². The van der Waals surface area contributed by atoms with Crippen molar-refractivity contribution in [3.8, 4) is 5.75 Å². The molecule has 4 nitrogen and oxygen atoms in total. The summed E-state index contributed by atoms with van der Waals surface area (Å²) in [6.45, 7) is 2.19. The van der Waals surface area contributed by atoms with E-state index in [9.17, 15) is 5.11 Å². The molecule has 0 radical (unpaired) electrons. The van der Waals surface area contributed by atoms with Gasteiger partial charge in [-0.1, -0.05) is 12.1 Å². The number of benzene rings is 1. The summed E-state index contributed by atoms with van der Waals surface area (Å²) in [6.07, 6.45) is 3.50. The number of nitrogens with zero attached hydrogens (tertiary/aromatic N) is 2. The number of thiazole rings is 1. The van der Waals surface area contributed by atoms with Crippen molar-refractivity contribution in [1.29, 1.82) is 0 Å². The third kappa shape index (κ3) is 2.62. The Hall–Kier alpha value is -1.85. The van der Waals surface area contributed by atoms with Crippen molar-refractivity contribution in [3.05, 3.63) is 53.3 Å². The van der Waals surface area contributed by atoms with Gasteiger partial charge >= 0.3 is 0 Å². The fraction of sp³-hybridized carbons (Fsp3) is 0.214. The fourth-order valence-electron chi connectivity index (χ4n) is 1.85. The molecule has 0 spiro atoms. The summed E-state index contributed by atoms with van der Waals surface area (Å²) in [5, 5.41) is 11.4. The molecule has 98 valence electrons. The molecule has 0 aliphatic rings. The largest absolute Gasteiger partial charge is 0.487 e. The van der Waals surface area contributed by atoms with Crippen molar-refractivity contribution in [2.75, 3.05) is 0 Å². The van der Waals surface area contributed by atoms with Gasteiger partial charge < -0.3 is 9.84 Å². The molecular formula is C14H14N2O2S. The molecule has 0 saturated carbocycles. The van der Waals surface area contributed by atoms with Gasteiger partial charge in [0, 0.05) is 17.8 Å². The van der Waals surface area contributed by atoms with Gasteiger partial charge in [0.15, 0.2) is 4.96 Å². The Morgan fingerprint density at radius 3 is 2.84 bits per heavy atom. The van der Waals surface area contributed by atoms with Gasteiger partial charge in [-0.2, -0.15) is 0 Å². The maximum Gasteiger partial charge on any atom is 0.193 e. The lowest BCUT2D eigenvalue weighted by molar-refractivity contribution is 0.199. The van der Waals surface area contributed by atoms with Crippen molar-refractivity contribution in [2.24, 2.45) is 0 Å². The maximum absolute atomic E-state index is 9.43. The number of aliphatic hydroxyl groups is 1. The molecule has 3 rings (SSSR count). The number of hydrogen-bond donors (Lipinski definition) is 1. The van der Waals surface area contributed by atoms with E-state index in [0.717, 1.165) is 22.0 Å². The van der Waals surface area contributed by atoms with Crippen LogP contribution in [0, 0.1) is 0 Å². The van der Waals surface area contributed by atoms with E-state index in [2.05, 4.69) is 4.98 Å². The van der Waals surface area contributed by atoms with Crippen molar-refractivity contribution in [1.82, 2.24) is 9.38 Å². The molecule has 1 N–H and O–H groups in total. The molecule has 3 aromatic rings. The minimum atomic E-state index is -0.450. The second-order valence-electron chi connectivity index (χ2n) is 4.36. The van der Waals surface area contributed by atoms with E-state index in [1.807, 2.05) is 46.4 Å². The van der Waals surface area contributed by atoms with E-state index >= 15 is 0 Å². The lowest BCUT2D eigenvalue weighted by Gasteiger charge is -2.07. The third-order valence-corrected chi connectivity index (χ3v) is 3.66. The maximum atomic E-state index is 9.43. The number of ether oxygens (including phenoxy) is 1. The molecular weight excluding hydrogens is 260 g/mol. The highest BCUT2D eigenvalue weighted by atomic mass is 32.1. The highest BCUT2D eigenvalue weighted by molar-refractivity contribution is 7.15. The number of fused-ring (bicyclic) bond motifs is 1. The Labute approximate surface area is 114 Å². The van der Waals surface area contributed by atoms with Gasteiger partial charge in [0.05, 0.1) is 11.8 Å². The topological polar surface area (TPSA) is 46.8 Å². The molecule has 2 heterocycles. The first-order valence-corrected chi connectivity index (χ1v) is 6.92. The van der Waals surface area contributed by atoms with E-state index in [-0.39, 0.29) is 0 Å². The lowest BCUT2D eigenvalue weighted by Crippen LogP contribution is -1.96. The molecule has 0 aliphatic carbocycles. The van der Waals surface area contributed by atoms with Crippen molar-refractivity contribution in [2.45, 2.75) is 19.6 Å². The zero-order valence-electron chi connectivity index (χ0n) is 10.5. The molecule has 2 aromatic heterocycles. The standard InChI is InChI=1S/C14H14N2O2S/c1-10(17)11-2-4-13(5-3-11)18-9-12-8-16-6-7-19-14(16)15-12/h2-8,10,17H,9H2,1H3/t10-/m1/s1. The fourth-order valence-corrected chi connectivity index (χ4v) is 2.56. The third-order valence-electron chi connectivity index (χ3n) is 2.89. The molecule has 0 unspecified atom stereocenters. The summed E-state index contributed by atoms with van der Waals surface area (Å²) in [6, 6.07) is 7.46. The first-order valence-electron chi connectivity index (χ1n) is 6.04. The van der Waals surface area contributed by atoms with Crippen LogP contribution in [0.25, 0.3) is 4.96 Å². The average Bonchev–Trinajstić information content (AvgIpc) is 2.97. The van der Waals surface area contributed by atoms with Gasteiger partial charge in [-0.15, -0.1) is 11.3 Å². The predicted octanol–water partition coefficient (Wildman–Crippen LogP) is 3.03. The molecule has 0 amide bonds. The molecule has 0 bridgehead atoms. The van der Waals surface area contributed by atoms with Crippen molar-refractivity contribution < 1.29 is 9.84 Å². The quantitative estimate of drug-likeness (QED) is 0.795. The second-order valence-corrected chi connectivity index (χ2v) is 5.23. The van der Waals surface area contributed by atoms with Crippen LogP contribution in [-0.4, -0.2) is 14.5 Å². The molecule has 1 aromatic carbocycles. The predicted molar refractivity (Wildman–Crippen MR) is 74.5 cm³/mol. The van der Waals surface area contributed by atoms with Gasteiger partial charge in [0.1, 0.15) is 12.4 Å². The lowest BCUT2D eigenvalue weighted by atomic mass is 10.1. The Kier molecular flexibility index (Phi) is 3.23. The minimum Gasteiger partial charge on any atom is -0.487 e. The Bertz CT molecular complexity index is 642. The van der Waals surface area contributed by atoms with Crippen LogP contribution < -0.4 is 4.74 Å². The van der Waals surface area contributed by atoms with Crippen LogP contribution in [0.3, 0.4) is 0 Å². The van der Waals surface area contributed by atoms with Crippen LogP contribution in [0.5, 0.6) is 5.75 Å². The van der Waals surface area contributed by atoms with Crippen LogP contribution in [0.4, 0.5) is 0 Å². The van der Waals surface area contributed by atoms with Crippen molar-refractivity contribution >= 4 is 16.3 Å². The van der Waals surface area contributed by atoms with E-state index < -0.39 is 6.10 Å². The van der Waals surface area contributed by atoms with Gasteiger partial charge in [-0.3, -0.25) is 4.40 Å². The Morgan fingerprint density at radius 1 is 1.37 bits per heavy atom. The first-order chi connectivity index (χ1) is 9.22. The van der Waals surface area contributed by atoms with Gasteiger partial charge in [-0.05, 0) is 24.6 Å². The summed E-state index contributed by atoms with van der Waals surface area (Å²) in [7, 11) is 0. The number of rotatable bonds is 4. The Balaban J connectivity index is 1.67. The molecule has 0 fully saturated rings. The normalized spacial score (nSPS) is 12.7. The number of aromatic nitrogens is 2. The monoisotopic (exact) mass is 274 g/mol. The first kappa shape index (κ1) is 12.2. The zero-order chi connectivity index (χ0) is 13.2. The summed E-state index contributed by atoms with van der Waals surface area (Å²) in [4.78, 5) is 5.43. The average molecular weight is 274 g/mol. The van der Waals surface area contributed by atoms with Gasteiger partial charge in [0.25, 0.3) is 0 Å². The van der Waals surface area contributed by atoms with Crippen LogP contribution >= 0.6 is 11.3 Å².